The first-order valence-corrected chi connectivity index (χ1v) is 14.4. The molecule has 2 atom stereocenters. The second-order valence-corrected chi connectivity index (χ2v) is 11.7. The van der Waals surface area contributed by atoms with Crippen LogP contribution in [-0.2, 0) is 35.0 Å². The lowest BCUT2D eigenvalue weighted by atomic mass is 10.1. The molecular weight excluding hydrogens is 571 g/mol. The zero-order chi connectivity index (χ0) is 31.5. The van der Waals surface area contributed by atoms with Gasteiger partial charge in [-0.2, -0.15) is 0 Å². The number of anilines is 1. The van der Waals surface area contributed by atoms with Gasteiger partial charge < -0.3 is 34.5 Å². The number of para-hydroxylation sites is 1. The predicted molar refractivity (Wildman–Crippen MR) is 153 cm³/mol. The van der Waals surface area contributed by atoms with E-state index in [9.17, 15) is 18.9 Å². The molecule has 0 amide bonds. The first kappa shape index (κ1) is 33.9. The van der Waals surface area contributed by atoms with Crippen molar-refractivity contribution in [2.75, 3.05) is 12.1 Å². The van der Waals surface area contributed by atoms with Crippen LogP contribution in [0.25, 0.3) is 11.2 Å². The molecule has 16 heteroatoms. The highest BCUT2D eigenvalue weighted by atomic mass is 31.2. The Morgan fingerprint density at radius 3 is 2.26 bits per heavy atom. The van der Waals surface area contributed by atoms with Gasteiger partial charge in [0.1, 0.15) is 29.5 Å². The number of nitrogens with zero attached hydrogens (tertiary/aromatic N) is 4. The number of ether oxygens (including phenoxy) is 2. The summed E-state index contributed by atoms with van der Waals surface area (Å²) in [6, 6.07) is 8.70. The third-order valence-electron chi connectivity index (χ3n) is 5.08. The molecule has 0 saturated carbocycles. The Hall–Kier alpha value is -4.33. The maximum Gasteiger partial charge on any atom is 0.342 e. The maximum atomic E-state index is 13.8. The van der Waals surface area contributed by atoms with Crippen molar-refractivity contribution < 1.29 is 43.2 Å². The highest BCUT2D eigenvalue weighted by Gasteiger charge is 2.39. The van der Waals surface area contributed by atoms with Crippen LogP contribution in [0, 0.1) is 0 Å². The molecule has 0 saturated heterocycles. The summed E-state index contributed by atoms with van der Waals surface area (Å²) in [5.41, 5.74) is 5.63. The first-order valence-electron chi connectivity index (χ1n) is 12.6. The van der Waals surface area contributed by atoms with Gasteiger partial charge in [-0.15, -0.1) is 0 Å². The van der Waals surface area contributed by atoms with Crippen LogP contribution < -0.4 is 15.3 Å². The third-order valence-corrected chi connectivity index (χ3v) is 6.97. The topological polar surface area (TPSA) is 218 Å². The number of imidazole rings is 1. The van der Waals surface area contributed by atoms with Crippen LogP contribution >= 0.6 is 7.52 Å². The fourth-order valence-electron chi connectivity index (χ4n) is 3.30. The highest BCUT2D eigenvalue weighted by molar-refractivity contribution is 7.57. The van der Waals surface area contributed by atoms with Crippen molar-refractivity contribution in [3.63, 3.8) is 0 Å². The number of nitrogens with two attached hydrogens (primary N) is 1. The molecule has 3 rings (SSSR count). The summed E-state index contributed by atoms with van der Waals surface area (Å²) in [5, 5.41) is 18.5. The molecule has 2 heterocycles. The summed E-state index contributed by atoms with van der Waals surface area (Å²) in [6.07, 6.45) is 3.08. The van der Waals surface area contributed by atoms with Gasteiger partial charge in [0.05, 0.1) is 25.1 Å². The standard InChI is InChI=1S/C22H31N6O5P.C4H4O4/c1-15(2)32-21(29)22(4,5)27-34(30,33-17-9-7-6-8-10-17)14-31-16(3)11-28-13-26-18-19(23)24-12-25-20(18)28;5-3(6)1-2-4(7)8/h6-10,12-13,15-16H,11,14H2,1-5H3,(H,27,30)(H2,23,24,25);1-2H,(H,5,6)(H,7,8)/b;2-1+/t16-,34+;/m1./s1. The second-order valence-electron chi connectivity index (χ2n) is 9.71. The van der Waals surface area contributed by atoms with Crippen LogP contribution in [0.2, 0.25) is 0 Å². The van der Waals surface area contributed by atoms with E-state index in [1.165, 1.54) is 6.33 Å². The summed E-state index contributed by atoms with van der Waals surface area (Å²) < 4.78 is 32.6. The van der Waals surface area contributed by atoms with Crippen molar-refractivity contribution in [3.8, 4) is 5.75 Å². The lowest BCUT2D eigenvalue weighted by molar-refractivity contribution is -0.153. The molecule has 0 aliphatic rings. The maximum absolute atomic E-state index is 13.8. The number of benzene rings is 1. The van der Waals surface area contributed by atoms with Crippen LogP contribution in [0.15, 0.2) is 55.1 Å². The van der Waals surface area contributed by atoms with Gasteiger partial charge in [0.25, 0.3) is 0 Å². The molecule has 228 valence electrons. The highest BCUT2D eigenvalue weighted by Crippen LogP contribution is 2.45. The summed E-state index contributed by atoms with van der Waals surface area (Å²) in [7, 11) is -3.70. The molecule has 0 fully saturated rings. The van der Waals surface area contributed by atoms with Crippen LogP contribution in [0.1, 0.15) is 34.6 Å². The Morgan fingerprint density at radius 2 is 1.69 bits per heavy atom. The lowest BCUT2D eigenvalue weighted by Crippen LogP contribution is -2.48. The molecule has 0 spiro atoms. The van der Waals surface area contributed by atoms with Gasteiger partial charge in [0.2, 0.25) is 0 Å². The number of carboxylic acid groups (broad SMARTS) is 2. The second kappa shape index (κ2) is 15.1. The average molecular weight is 607 g/mol. The average Bonchev–Trinajstić information content (AvgIpc) is 3.30. The Kier molecular flexibility index (Phi) is 12.1. The predicted octanol–water partition coefficient (Wildman–Crippen LogP) is 3.07. The monoisotopic (exact) mass is 606 g/mol. The molecule has 0 radical (unpaired) electrons. The molecule has 0 aliphatic carbocycles. The Balaban J connectivity index is 0.000000675. The van der Waals surface area contributed by atoms with Gasteiger partial charge in [-0.25, -0.2) is 29.6 Å². The third kappa shape index (κ3) is 10.9. The van der Waals surface area contributed by atoms with E-state index in [1.807, 2.05) is 13.0 Å². The van der Waals surface area contributed by atoms with Crippen LogP contribution in [0.3, 0.4) is 0 Å². The lowest BCUT2D eigenvalue weighted by Gasteiger charge is -2.31. The Morgan fingerprint density at radius 1 is 1.07 bits per heavy atom. The minimum atomic E-state index is -3.70. The zero-order valence-corrected chi connectivity index (χ0v) is 24.7. The van der Waals surface area contributed by atoms with Crippen LogP contribution in [0.5, 0.6) is 5.75 Å². The van der Waals surface area contributed by atoms with E-state index in [2.05, 4.69) is 20.0 Å². The zero-order valence-electron chi connectivity index (χ0n) is 23.8. The van der Waals surface area contributed by atoms with Crippen molar-refractivity contribution >= 4 is 42.4 Å². The first-order chi connectivity index (χ1) is 19.6. The van der Waals surface area contributed by atoms with Gasteiger partial charge in [0, 0.05) is 12.2 Å². The number of carbonyl (C=O) groups excluding carboxylic acids is 1. The number of carbonyl (C=O) groups is 3. The Labute approximate surface area is 242 Å². The number of hydrogen-bond acceptors (Lipinski definition) is 11. The number of aromatic nitrogens is 4. The largest absolute Gasteiger partial charge is 0.478 e. The minimum Gasteiger partial charge on any atom is -0.478 e. The molecule has 1 aromatic carbocycles. The molecule has 0 unspecified atom stereocenters. The molecule has 15 nitrogen and oxygen atoms in total. The van der Waals surface area contributed by atoms with Crippen molar-refractivity contribution in [1.29, 1.82) is 0 Å². The van der Waals surface area contributed by atoms with Gasteiger partial charge >= 0.3 is 25.4 Å². The van der Waals surface area contributed by atoms with Gasteiger partial charge in [0.15, 0.2) is 11.5 Å². The summed E-state index contributed by atoms with van der Waals surface area (Å²) in [6.45, 7) is 8.86. The Bertz CT molecular complexity index is 1430. The SMILES string of the molecule is CC(C)OC(=O)C(C)(C)N[P@](=O)(CO[C@H](C)Cn1cnc2c(N)ncnc21)Oc1ccccc1.O=C(O)/C=C/C(=O)O. The quantitative estimate of drug-likeness (QED) is 0.125. The van der Waals surface area contributed by atoms with E-state index in [1.54, 1.807) is 62.9 Å². The smallest absolute Gasteiger partial charge is 0.342 e. The van der Waals surface area contributed by atoms with Crippen molar-refractivity contribution in [3.05, 3.63) is 55.1 Å². The fraction of sp³-hybridized carbons (Fsp3) is 0.385. The van der Waals surface area contributed by atoms with Gasteiger partial charge in [-0.1, -0.05) is 18.2 Å². The van der Waals surface area contributed by atoms with E-state index in [4.69, 9.17) is 29.9 Å². The number of aliphatic carboxylic acids is 2. The number of fused-ring (bicyclic) bond motifs is 1. The summed E-state index contributed by atoms with van der Waals surface area (Å²) in [5.74, 6) is -2.39. The van der Waals surface area contributed by atoms with Crippen molar-refractivity contribution in [1.82, 2.24) is 24.6 Å². The molecule has 0 bridgehead atoms. The van der Waals surface area contributed by atoms with Crippen LogP contribution in [0.4, 0.5) is 5.82 Å². The summed E-state index contributed by atoms with van der Waals surface area (Å²) >= 11 is 0. The summed E-state index contributed by atoms with van der Waals surface area (Å²) in [4.78, 5) is 44.1. The van der Waals surface area contributed by atoms with Gasteiger partial charge in [-0.3, -0.25) is 9.36 Å². The molecular formula is C26H35N6O9P. The molecule has 42 heavy (non-hydrogen) atoms. The van der Waals surface area contributed by atoms with Crippen LogP contribution in [-0.4, -0.2) is 71.7 Å². The number of rotatable bonds is 13. The van der Waals surface area contributed by atoms with Crippen molar-refractivity contribution in [2.45, 2.75) is 58.9 Å². The number of carboxylic acids is 2. The number of esters is 1. The van der Waals surface area contributed by atoms with Gasteiger partial charge in [-0.05, 0) is 46.8 Å². The normalized spacial score (nSPS) is 13.7. The molecule has 5 N–H and O–H groups in total. The molecule has 0 aliphatic heterocycles. The van der Waals surface area contributed by atoms with E-state index in [0.29, 0.717) is 35.6 Å². The van der Waals surface area contributed by atoms with Crippen molar-refractivity contribution in [2.24, 2.45) is 0 Å². The van der Waals surface area contributed by atoms with E-state index in [-0.39, 0.29) is 18.3 Å². The van der Waals surface area contributed by atoms with E-state index >= 15 is 0 Å². The van der Waals surface area contributed by atoms with E-state index < -0.39 is 37.1 Å². The van der Waals surface area contributed by atoms with E-state index in [0.717, 1.165) is 0 Å². The number of nitrogen functional groups attached to an aromatic ring is 1. The number of nitrogens with one attached hydrogen (secondary N) is 1. The number of hydrogen-bond donors (Lipinski definition) is 4. The minimum absolute atomic E-state index is 0.287. The molecule has 2 aromatic heterocycles. The fourth-order valence-corrected chi connectivity index (χ4v) is 5.31. The molecule has 3 aromatic rings.